The minimum atomic E-state index is -4.42. The zero-order chi connectivity index (χ0) is 24.9. The monoisotopic (exact) mass is 496 g/mol. The van der Waals surface area contributed by atoms with Gasteiger partial charge in [0, 0.05) is 30.7 Å². The first-order valence-corrected chi connectivity index (χ1v) is 12.3. The van der Waals surface area contributed by atoms with Crippen molar-refractivity contribution in [1.29, 1.82) is 0 Å². The second-order valence-electron chi connectivity index (χ2n) is 9.71. The summed E-state index contributed by atoms with van der Waals surface area (Å²) in [5, 5.41) is 12.5. The third-order valence-electron chi connectivity index (χ3n) is 7.13. The Hall–Kier alpha value is -3.24. The second-order valence-corrected chi connectivity index (χ2v) is 9.71. The summed E-state index contributed by atoms with van der Waals surface area (Å²) in [6, 6.07) is 10.9. The molecule has 1 saturated carbocycles. The van der Waals surface area contributed by atoms with E-state index in [1.54, 1.807) is 17.5 Å². The second kappa shape index (κ2) is 9.01. The molecule has 10 heteroatoms. The largest absolute Gasteiger partial charge is 0.491 e. The van der Waals surface area contributed by atoms with E-state index in [4.69, 9.17) is 9.72 Å². The molecule has 0 spiro atoms. The molecule has 6 rings (SSSR count). The van der Waals surface area contributed by atoms with Crippen LogP contribution in [-0.2, 0) is 0 Å². The average Bonchev–Trinajstić information content (AvgIpc) is 3.42. The lowest BCUT2D eigenvalue weighted by Gasteiger charge is -2.30. The number of ether oxygens (including phenoxy) is 1. The van der Waals surface area contributed by atoms with Crippen LogP contribution in [0.3, 0.4) is 0 Å². The number of aromatic nitrogens is 4. The number of pyridine rings is 2. The van der Waals surface area contributed by atoms with Crippen LogP contribution in [0.15, 0.2) is 48.7 Å². The number of para-hydroxylation sites is 1. The molecule has 3 aromatic heterocycles. The van der Waals surface area contributed by atoms with Gasteiger partial charge < -0.3 is 10.1 Å². The van der Waals surface area contributed by atoms with Gasteiger partial charge in [0.25, 0.3) is 0 Å². The molecule has 1 aliphatic heterocycles. The molecule has 188 valence electrons. The number of hydrogen-bond donors (Lipinski definition) is 1. The van der Waals surface area contributed by atoms with Crippen molar-refractivity contribution in [2.45, 2.75) is 37.5 Å². The molecule has 0 bridgehead atoms. The summed E-state index contributed by atoms with van der Waals surface area (Å²) in [5.41, 5.74) is 1.84. The Morgan fingerprint density at radius 3 is 2.69 bits per heavy atom. The number of halogens is 3. The predicted octanol–water partition coefficient (Wildman–Crippen LogP) is 4.63. The highest BCUT2D eigenvalue weighted by molar-refractivity contribution is 5.86. The smallest absolute Gasteiger partial charge is 0.408 e. The lowest BCUT2D eigenvalue weighted by molar-refractivity contribution is -0.184. The van der Waals surface area contributed by atoms with E-state index in [1.807, 2.05) is 30.3 Å². The number of nitrogens with one attached hydrogen (secondary N) is 1. The normalized spacial score (nSPS) is 19.8. The molecule has 2 atom stereocenters. The minimum absolute atomic E-state index is 0.0437. The molecule has 7 nitrogen and oxygen atoms in total. The maximum atomic E-state index is 14.3. The number of nitrogens with zero attached hydrogens (tertiary/aromatic N) is 5. The van der Waals surface area contributed by atoms with E-state index >= 15 is 0 Å². The van der Waals surface area contributed by atoms with Crippen molar-refractivity contribution >= 4 is 16.6 Å². The number of likely N-dealkylation sites (tertiary alicyclic amines) is 1. The average molecular weight is 497 g/mol. The fourth-order valence-corrected chi connectivity index (χ4v) is 4.96. The highest BCUT2D eigenvalue weighted by Crippen LogP contribution is 2.40. The van der Waals surface area contributed by atoms with Crippen molar-refractivity contribution in [2.24, 2.45) is 5.92 Å². The van der Waals surface area contributed by atoms with Gasteiger partial charge in [-0.3, -0.25) is 9.30 Å². The van der Waals surface area contributed by atoms with Crippen molar-refractivity contribution in [3.8, 4) is 17.3 Å². The number of hydrogen-bond acceptors (Lipinski definition) is 6. The van der Waals surface area contributed by atoms with E-state index in [0.717, 1.165) is 5.39 Å². The Morgan fingerprint density at radius 1 is 1.08 bits per heavy atom. The molecule has 1 saturated heterocycles. The van der Waals surface area contributed by atoms with E-state index < -0.39 is 12.2 Å². The first-order valence-electron chi connectivity index (χ1n) is 12.3. The van der Waals surface area contributed by atoms with Crippen LogP contribution in [0.4, 0.5) is 13.2 Å². The SMILES string of the molecule is CNC1CCN(C(c2ccc3nnc(-c4ccc5cccc(OCC6CC6)c5n4)n3c2)C(F)(F)F)C1. The first kappa shape index (κ1) is 23.2. The number of likely N-dealkylation sites (N-methyl/N-ethyl adjacent to an activating group) is 1. The van der Waals surface area contributed by atoms with Crippen molar-refractivity contribution in [1.82, 2.24) is 29.8 Å². The van der Waals surface area contributed by atoms with Crippen LogP contribution in [0.2, 0.25) is 0 Å². The molecule has 1 aliphatic carbocycles. The van der Waals surface area contributed by atoms with E-state index in [0.29, 0.717) is 60.5 Å². The molecular weight excluding hydrogens is 469 g/mol. The van der Waals surface area contributed by atoms with Gasteiger partial charge in [-0.05, 0) is 56.0 Å². The Bertz CT molecular complexity index is 1400. The Balaban J connectivity index is 1.39. The number of benzene rings is 1. The number of alkyl halides is 3. The van der Waals surface area contributed by atoms with Gasteiger partial charge in [-0.2, -0.15) is 13.2 Å². The number of rotatable bonds is 7. The molecule has 1 aromatic carbocycles. The summed E-state index contributed by atoms with van der Waals surface area (Å²) >= 11 is 0. The summed E-state index contributed by atoms with van der Waals surface area (Å²) in [6.45, 7) is 1.37. The molecule has 36 heavy (non-hydrogen) atoms. The molecule has 1 N–H and O–H groups in total. The molecule has 0 radical (unpaired) electrons. The van der Waals surface area contributed by atoms with E-state index in [-0.39, 0.29) is 11.6 Å². The summed E-state index contributed by atoms with van der Waals surface area (Å²) in [6.07, 6.45) is 0.124. The Morgan fingerprint density at radius 2 is 1.94 bits per heavy atom. The molecule has 2 aliphatic rings. The highest BCUT2D eigenvalue weighted by Gasteiger charge is 2.46. The van der Waals surface area contributed by atoms with Crippen LogP contribution in [0.1, 0.15) is 30.9 Å². The van der Waals surface area contributed by atoms with Crippen molar-refractivity contribution in [3.63, 3.8) is 0 Å². The lowest BCUT2D eigenvalue weighted by atomic mass is 10.1. The van der Waals surface area contributed by atoms with Gasteiger partial charge in [-0.25, -0.2) is 4.98 Å². The molecular formula is C26H27F3N6O. The van der Waals surface area contributed by atoms with Gasteiger partial charge in [0.1, 0.15) is 23.0 Å². The zero-order valence-electron chi connectivity index (χ0n) is 19.9. The quantitative estimate of drug-likeness (QED) is 0.403. The van der Waals surface area contributed by atoms with Crippen molar-refractivity contribution < 1.29 is 17.9 Å². The molecule has 4 heterocycles. The van der Waals surface area contributed by atoms with Crippen LogP contribution in [0.5, 0.6) is 5.75 Å². The molecule has 2 fully saturated rings. The molecule has 2 unspecified atom stereocenters. The van der Waals surface area contributed by atoms with Crippen molar-refractivity contribution in [2.75, 3.05) is 26.7 Å². The van der Waals surface area contributed by atoms with Crippen LogP contribution >= 0.6 is 0 Å². The summed E-state index contributed by atoms with van der Waals surface area (Å²) in [5.74, 6) is 1.69. The maximum absolute atomic E-state index is 14.3. The topological polar surface area (TPSA) is 67.6 Å². The third-order valence-corrected chi connectivity index (χ3v) is 7.13. The van der Waals surface area contributed by atoms with Gasteiger partial charge in [0.2, 0.25) is 0 Å². The van der Waals surface area contributed by atoms with Crippen LogP contribution in [0, 0.1) is 5.92 Å². The van der Waals surface area contributed by atoms with Gasteiger partial charge in [-0.1, -0.05) is 24.3 Å². The minimum Gasteiger partial charge on any atom is -0.491 e. The van der Waals surface area contributed by atoms with Crippen LogP contribution in [0.25, 0.3) is 28.1 Å². The fraction of sp³-hybridized carbons (Fsp3) is 0.423. The van der Waals surface area contributed by atoms with Gasteiger partial charge >= 0.3 is 6.18 Å². The maximum Gasteiger partial charge on any atom is 0.408 e. The Kier molecular flexibility index (Phi) is 5.80. The van der Waals surface area contributed by atoms with Gasteiger partial charge in [-0.15, -0.1) is 10.2 Å². The first-order chi connectivity index (χ1) is 17.4. The van der Waals surface area contributed by atoms with E-state index in [9.17, 15) is 13.2 Å². The third kappa shape index (κ3) is 4.39. The molecule has 4 aromatic rings. The standard InChI is InChI=1S/C26H27F3N6O/c1-30-19-11-12-34(14-19)24(26(27,28)29)18-8-10-22-32-33-25(35(22)13-18)20-9-7-17-3-2-4-21(23(17)31-20)36-15-16-5-6-16/h2-4,7-10,13,16,19,24,30H,5-6,11-12,14-15H2,1H3. The summed E-state index contributed by atoms with van der Waals surface area (Å²) < 4.78 is 50.4. The van der Waals surface area contributed by atoms with Crippen LogP contribution in [-0.4, -0.2) is 63.4 Å². The van der Waals surface area contributed by atoms with E-state index in [2.05, 4.69) is 15.5 Å². The Labute approximate surface area is 206 Å². The van der Waals surface area contributed by atoms with Gasteiger partial charge in [0.05, 0.1) is 6.61 Å². The highest BCUT2D eigenvalue weighted by atomic mass is 19.4. The summed E-state index contributed by atoms with van der Waals surface area (Å²) in [4.78, 5) is 6.29. The van der Waals surface area contributed by atoms with Crippen molar-refractivity contribution in [3.05, 3.63) is 54.2 Å². The van der Waals surface area contributed by atoms with Crippen LogP contribution < -0.4 is 10.1 Å². The fourth-order valence-electron chi connectivity index (χ4n) is 4.96. The summed E-state index contributed by atoms with van der Waals surface area (Å²) in [7, 11) is 1.78. The predicted molar refractivity (Wildman–Crippen MR) is 130 cm³/mol. The zero-order valence-corrected chi connectivity index (χ0v) is 19.9. The number of fused-ring (bicyclic) bond motifs is 2. The van der Waals surface area contributed by atoms with Gasteiger partial charge in [0.15, 0.2) is 11.5 Å². The molecule has 0 amide bonds. The lowest BCUT2D eigenvalue weighted by Crippen LogP contribution is -2.39. The van der Waals surface area contributed by atoms with E-state index in [1.165, 1.54) is 30.0 Å².